The van der Waals surface area contributed by atoms with Crippen LogP contribution in [-0.2, 0) is 0 Å². The Morgan fingerprint density at radius 2 is 1.79 bits per heavy atom. The summed E-state index contributed by atoms with van der Waals surface area (Å²) in [6.07, 6.45) is 0. The van der Waals surface area contributed by atoms with Crippen LogP contribution in [0.2, 0.25) is 0 Å². The van der Waals surface area contributed by atoms with E-state index < -0.39 is 11.6 Å². The summed E-state index contributed by atoms with van der Waals surface area (Å²) in [7, 11) is 0. The monoisotopic (exact) mass is 259 g/mol. The molecule has 1 aliphatic rings. The summed E-state index contributed by atoms with van der Waals surface area (Å²) in [5.74, 6) is 0.250. The highest BCUT2D eigenvalue weighted by atomic mass is 19.1. The molecule has 0 aromatic heterocycles. The van der Waals surface area contributed by atoms with E-state index in [1.54, 1.807) is 12.1 Å². The van der Waals surface area contributed by atoms with Crippen LogP contribution in [0, 0.1) is 12.7 Å². The van der Waals surface area contributed by atoms with E-state index in [-0.39, 0.29) is 0 Å². The van der Waals surface area contributed by atoms with Gasteiger partial charge in [-0.3, -0.25) is 0 Å². The number of aromatic hydroxyl groups is 1. The van der Waals surface area contributed by atoms with Crippen molar-refractivity contribution in [1.29, 1.82) is 0 Å². The molecule has 19 heavy (non-hydrogen) atoms. The Kier molecular flexibility index (Phi) is 2.78. The molecule has 4 heteroatoms. The highest BCUT2D eigenvalue weighted by molar-refractivity contribution is 5.72. The first-order valence-electron chi connectivity index (χ1n) is 5.89. The highest BCUT2D eigenvalue weighted by Crippen LogP contribution is 2.36. The summed E-state index contributed by atoms with van der Waals surface area (Å²) in [5.41, 5.74) is 1.94. The number of halogens is 1. The second-order valence-electron chi connectivity index (χ2n) is 4.32. The van der Waals surface area contributed by atoms with Gasteiger partial charge in [-0.25, -0.2) is 4.39 Å². The van der Waals surface area contributed by atoms with Crippen molar-refractivity contribution in [2.24, 2.45) is 0 Å². The van der Waals surface area contributed by atoms with E-state index in [0.29, 0.717) is 35.8 Å². The summed E-state index contributed by atoms with van der Waals surface area (Å²) in [6.45, 7) is 4.84. The molecule has 1 heterocycles. The number of hydrogen-bond donors (Lipinski definition) is 1. The topological polar surface area (TPSA) is 38.7 Å². The minimum absolute atomic E-state index is 0.397. The molecule has 0 saturated carbocycles. The van der Waals surface area contributed by atoms with Gasteiger partial charge in [0.15, 0.2) is 23.1 Å². The van der Waals surface area contributed by atoms with Gasteiger partial charge < -0.3 is 14.6 Å². The Morgan fingerprint density at radius 3 is 2.58 bits per heavy atom. The molecule has 3 nitrogen and oxygen atoms in total. The van der Waals surface area contributed by atoms with Gasteiger partial charge in [0.1, 0.15) is 13.2 Å². The van der Waals surface area contributed by atoms with Crippen molar-refractivity contribution >= 4 is 0 Å². The lowest BCUT2D eigenvalue weighted by Crippen LogP contribution is -2.15. The van der Waals surface area contributed by atoms with Crippen molar-refractivity contribution in [3.63, 3.8) is 0 Å². The van der Waals surface area contributed by atoms with Crippen LogP contribution in [0.15, 0.2) is 30.3 Å². The lowest BCUT2D eigenvalue weighted by molar-refractivity contribution is 0.171. The number of rotatable bonds is 1. The van der Waals surface area contributed by atoms with E-state index >= 15 is 0 Å². The second kappa shape index (κ2) is 4.46. The van der Waals surface area contributed by atoms with Gasteiger partial charge in [0.2, 0.25) is 0 Å². The molecule has 0 aliphatic carbocycles. The Labute approximate surface area is 110 Å². The van der Waals surface area contributed by atoms with E-state index in [1.807, 2.05) is 6.07 Å². The minimum Gasteiger partial charge on any atom is -0.505 e. The molecule has 2 aromatic carbocycles. The number of ether oxygens (including phenoxy) is 2. The largest absolute Gasteiger partial charge is 0.505 e. The molecule has 0 fully saturated rings. The molecule has 3 rings (SSSR count). The smallest absolute Gasteiger partial charge is 0.165 e. The summed E-state index contributed by atoms with van der Waals surface area (Å²) >= 11 is 0. The summed E-state index contributed by atoms with van der Waals surface area (Å²) in [5, 5.41) is 9.30. The first-order chi connectivity index (χ1) is 9.15. The van der Waals surface area contributed by atoms with Gasteiger partial charge in [-0.15, -0.1) is 0 Å². The molecule has 0 atom stereocenters. The standard InChI is InChI=1S/C15H12FO3/c1-9-6-13(17)12(16)8-11(9)10-2-3-14-15(7-10)19-5-4-18-14/h2-3,6-8,17H,1,4-5H2. The maximum atomic E-state index is 13.5. The van der Waals surface area contributed by atoms with Crippen molar-refractivity contribution in [2.45, 2.75) is 0 Å². The lowest BCUT2D eigenvalue weighted by Gasteiger charge is -2.19. The molecule has 1 N–H and O–H groups in total. The van der Waals surface area contributed by atoms with Crippen LogP contribution in [0.25, 0.3) is 11.1 Å². The van der Waals surface area contributed by atoms with Crippen LogP contribution in [0.5, 0.6) is 17.2 Å². The fourth-order valence-corrected chi connectivity index (χ4v) is 2.08. The number of phenolic OH excluding ortho intramolecular Hbond substituents is 1. The number of hydrogen-bond acceptors (Lipinski definition) is 3. The molecule has 0 unspecified atom stereocenters. The van der Waals surface area contributed by atoms with Crippen molar-refractivity contribution < 1.29 is 19.0 Å². The summed E-state index contributed by atoms with van der Waals surface area (Å²) < 4.78 is 24.4. The third-order valence-electron chi connectivity index (χ3n) is 3.03. The maximum absolute atomic E-state index is 13.5. The van der Waals surface area contributed by atoms with Crippen LogP contribution in [-0.4, -0.2) is 18.3 Å². The molecular formula is C15H12FO3. The normalized spacial score (nSPS) is 13.4. The van der Waals surface area contributed by atoms with Crippen molar-refractivity contribution in [2.75, 3.05) is 13.2 Å². The number of fused-ring (bicyclic) bond motifs is 1. The molecule has 1 radical (unpaired) electrons. The summed E-state index contributed by atoms with van der Waals surface area (Å²) in [6, 6.07) is 7.96. The van der Waals surface area contributed by atoms with Gasteiger partial charge >= 0.3 is 0 Å². The van der Waals surface area contributed by atoms with Crippen LogP contribution in [0.1, 0.15) is 5.56 Å². The van der Waals surface area contributed by atoms with E-state index in [1.165, 1.54) is 12.1 Å². The zero-order chi connectivity index (χ0) is 13.4. The first-order valence-corrected chi connectivity index (χ1v) is 5.89. The van der Waals surface area contributed by atoms with E-state index in [9.17, 15) is 9.50 Å². The molecular weight excluding hydrogens is 247 g/mol. The minimum atomic E-state index is -0.669. The van der Waals surface area contributed by atoms with E-state index in [2.05, 4.69) is 6.92 Å². The van der Waals surface area contributed by atoms with Crippen molar-refractivity contribution in [1.82, 2.24) is 0 Å². The molecule has 1 aliphatic heterocycles. The van der Waals surface area contributed by atoms with Gasteiger partial charge in [0, 0.05) is 0 Å². The van der Waals surface area contributed by atoms with Crippen molar-refractivity contribution in [3.8, 4) is 28.4 Å². The Bertz CT molecular complexity index is 638. The predicted molar refractivity (Wildman–Crippen MR) is 68.9 cm³/mol. The van der Waals surface area contributed by atoms with Crippen LogP contribution < -0.4 is 9.47 Å². The second-order valence-corrected chi connectivity index (χ2v) is 4.32. The van der Waals surface area contributed by atoms with Crippen LogP contribution in [0.4, 0.5) is 4.39 Å². The molecule has 0 spiro atoms. The van der Waals surface area contributed by atoms with E-state index in [0.717, 1.165) is 5.56 Å². The predicted octanol–water partition coefficient (Wildman–Crippen LogP) is 3.15. The quantitative estimate of drug-likeness (QED) is 0.855. The average molecular weight is 259 g/mol. The fourth-order valence-electron chi connectivity index (χ4n) is 2.08. The molecule has 97 valence electrons. The third-order valence-corrected chi connectivity index (χ3v) is 3.03. The van der Waals surface area contributed by atoms with Gasteiger partial charge in [-0.2, -0.15) is 0 Å². The Balaban J connectivity index is 2.09. The third kappa shape index (κ3) is 2.10. The van der Waals surface area contributed by atoms with Crippen LogP contribution >= 0.6 is 0 Å². The van der Waals surface area contributed by atoms with Gasteiger partial charge in [0.05, 0.1) is 0 Å². The first kappa shape index (κ1) is 11.8. The fraction of sp³-hybridized carbons (Fsp3) is 0.133. The van der Waals surface area contributed by atoms with E-state index in [4.69, 9.17) is 9.47 Å². The van der Waals surface area contributed by atoms with Gasteiger partial charge in [-0.1, -0.05) is 6.07 Å². The number of phenols is 1. The zero-order valence-corrected chi connectivity index (χ0v) is 10.1. The lowest BCUT2D eigenvalue weighted by atomic mass is 9.99. The zero-order valence-electron chi connectivity index (χ0n) is 10.1. The van der Waals surface area contributed by atoms with Crippen molar-refractivity contribution in [3.05, 3.63) is 48.6 Å². The SMILES string of the molecule is [CH2]c1cc(O)c(F)cc1-c1ccc2c(c1)OCCO2. The highest BCUT2D eigenvalue weighted by Gasteiger charge is 2.14. The number of benzene rings is 2. The summed E-state index contributed by atoms with van der Waals surface area (Å²) in [4.78, 5) is 0. The molecule has 2 aromatic rings. The van der Waals surface area contributed by atoms with Crippen LogP contribution in [0.3, 0.4) is 0 Å². The Morgan fingerprint density at radius 1 is 1.05 bits per heavy atom. The van der Waals surface area contributed by atoms with Gasteiger partial charge in [0.25, 0.3) is 0 Å². The molecule has 0 amide bonds. The maximum Gasteiger partial charge on any atom is 0.165 e. The molecule has 0 saturated heterocycles. The Hall–Kier alpha value is -2.23. The average Bonchev–Trinajstić information content (AvgIpc) is 2.42. The van der Waals surface area contributed by atoms with Gasteiger partial charge in [-0.05, 0) is 47.9 Å². The molecule has 0 bridgehead atoms.